The fourth-order valence-corrected chi connectivity index (χ4v) is 2.98. The highest BCUT2D eigenvalue weighted by Gasteiger charge is 2.38. The highest BCUT2D eigenvalue weighted by Crippen LogP contribution is 2.46. The van der Waals surface area contributed by atoms with Crippen LogP contribution in [0.15, 0.2) is 18.2 Å². The van der Waals surface area contributed by atoms with E-state index < -0.39 is 0 Å². The molecule has 0 spiro atoms. The van der Waals surface area contributed by atoms with Crippen LogP contribution in [0.5, 0.6) is 5.75 Å². The Morgan fingerprint density at radius 3 is 2.50 bits per heavy atom. The summed E-state index contributed by atoms with van der Waals surface area (Å²) >= 11 is 0. The lowest BCUT2D eigenvalue weighted by Gasteiger charge is -2.44. The van der Waals surface area contributed by atoms with Gasteiger partial charge in [-0.05, 0) is 37.3 Å². The first-order chi connectivity index (χ1) is 7.36. The van der Waals surface area contributed by atoms with Crippen LogP contribution in [-0.2, 0) is 5.41 Å². The predicted octanol–water partition coefficient (Wildman–Crippen LogP) is 3.57. The van der Waals surface area contributed by atoms with Crippen LogP contribution in [0.1, 0.15) is 39.7 Å². The van der Waals surface area contributed by atoms with E-state index in [2.05, 4.69) is 45.1 Å². The molecule has 0 bridgehead atoms. The zero-order chi connectivity index (χ0) is 12.0. The first-order valence-corrected chi connectivity index (χ1v) is 5.81. The number of benzene rings is 1. The summed E-state index contributed by atoms with van der Waals surface area (Å²) in [5.41, 5.74) is 2.82. The van der Waals surface area contributed by atoms with Gasteiger partial charge in [0.05, 0.1) is 12.8 Å². The molecule has 1 heterocycles. The lowest BCUT2D eigenvalue weighted by atomic mass is 9.71. The van der Waals surface area contributed by atoms with Gasteiger partial charge in [0.25, 0.3) is 0 Å². The van der Waals surface area contributed by atoms with Crippen molar-refractivity contribution in [2.45, 2.75) is 45.1 Å². The number of methoxy groups -OCH3 is 1. The lowest BCUT2D eigenvalue weighted by molar-refractivity contribution is 0.347. The minimum absolute atomic E-state index is 0.116. The van der Waals surface area contributed by atoms with Crippen LogP contribution in [0.4, 0.5) is 5.69 Å². The Balaban J connectivity index is 2.59. The van der Waals surface area contributed by atoms with Crippen molar-refractivity contribution < 1.29 is 4.74 Å². The number of hydrogen-bond acceptors (Lipinski definition) is 2. The number of hydrogen-bond donors (Lipinski definition) is 1. The minimum Gasteiger partial charge on any atom is -0.495 e. The molecule has 0 aliphatic carbocycles. The second kappa shape index (κ2) is 3.41. The molecule has 88 valence electrons. The van der Waals surface area contributed by atoms with Crippen molar-refractivity contribution in [3.05, 3.63) is 23.8 Å². The molecule has 1 aromatic rings. The zero-order valence-corrected chi connectivity index (χ0v) is 10.8. The molecule has 1 aliphatic rings. The van der Waals surface area contributed by atoms with E-state index in [-0.39, 0.29) is 11.0 Å². The molecule has 2 heteroatoms. The largest absolute Gasteiger partial charge is 0.495 e. The summed E-state index contributed by atoms with van der Waals surface area (Å²) in [4.78, 5) is 0. The molecule has 0 amide bonds. The monoisotopic (exact) mass is 219 g/mol. The van der Waals surface area contributed by atoms with Gasteiger partial charge in [0.1, 0.15) is 5.75 Å². The van der Waals surface area contributed by atoms with Crippen LogP contribution in [-0.4, -0.2) is 12.6 Å². The number of fused-ring (bicyclic) bond motifs is 1. The summed E-state index contributed by atoms with van der Waals surface area (Å²) in [5, 5.41) is 3.59. The first-order valence-electron chi connectivity index (χ1n) is 5.81. The Labute approximate surface area is 98.0 Å². The van der Waals surface area contributed by atoms with Crippen molar-refractivity contribution in [1.82, 2.24) is 0 Å². The van der Waals surface area contributed by atoms with Crippen molar-refractivity contribution in [1.29, 1.82) is 0 Å². The summed E-state index contributed by atoms with van der Waals surface area (Å²) in [6.07, 6.45) is 1.13. The fourth-order valence-electron chi connectivity index (χ4n) is 2.98. The molecule has 2 nitrogen and oxygen atoms in total. The second-order valence-corrected chi connectivity index (χ2v) is 5.95. The summed E-state index contributed by atoms with van der Waals surface area (Å²) in [6.45, 7) is 9.08. The quantitative estimate of drug-likeness (QED) is 0.779. The van der Waals surface area contributed by atoms with Gasteiger partial charge in [-0.25, -0.2) is 0 Å². The van der Waals surface area contributed by atoms with E-state index in [1.807, 2.05) is 6.07 Å². The molecule has 0 fully saturated rings. The Kier molecular flexibility index (Phi) is 2.41. The van der Waals surface area contributed by atoms with Crippen molar-refractivity contribution in [3.63, 3.8) is 0 Å². The van der Waals surface area contributed by atoms with Crippen molar-refractivity contribution in [3.8, 4) is 5.75 Å². The van der Waals surface area contributed by atoms with Gasteiger partial charge in [0.15, 0.2) is 0 Å². The SMILES string of the molecule is COc1cccc2c1NC(C)(C)CC2(C)C. The summed E-state index contributed by atoms with van der Waals surface area (Å²) in [7, 11) is 1.73. The van der Waals surface area contributed by atoms with Gasteiger partial charge in [-0.1, -0.05) is 26.0 Å². The molecule has 0 unspecified atom stereocenters. The summed E-state index contributed by atoms with van der Waals surface area (Å²) in [5.74, 6) is 0.943. The van der Waals surface area contributed by atoms with E-state index in [9.17, 15) is 0 Å². The van der Waals surface area contributed by atoms with E-state index in [0.717, 1.165) is 17.9 Å². The van der Waals surface area contributed by atoms with Gasteiger partial charge >= 0.3 is 0 Å². The molecule has 2 rings (SSSR count). The second-order valence-electron chi connectivity index (χ2n) is 5.95. The molecule has 0 radical (unpaired) electrons. The maximum atomic E-state index is 5.44. The predicted molar refractivity (Wildman–Crippen MR) is 68.3 cm³/mol. The Hall–Kier alpha value is -1.18. The van der Waals surface area contributed by atoms with Crippen LogP contribution in [0, 0.1) is 0 Å². The van der Waals surface area contributed by atoms with Crippen LogP contribution in [0.3, 0.4) is 0 Å². The average molecular weight is 219 g/mol. The Morgan fingerprint density at radius 1 is 1.19 bits per heavy atom. The van der Waals surface area contributed by atoms with Gasteiger partial charge in [0, 0.05) is 5.54 Å². The first kappa shape index (κ1) is 11.3. The molecule has 0 saturated heterocycles. The maximum absolute atomic E-state index is 5.44. The van der Waals surface area contributed by atoms with Crippen LogP contribution in [0.25, 0.3) is 0 Å². The highest BCUT2D eigenvalue weighted by atomic mass is 16.5. The van der Waals surface area contributed by atoms with Gasteiger partial charge in [-0.15, -0.1) is 0 Å². The standard InChI is InChI=1S/C14H21NO/c1-13(2)9-14(3,4)15-12-10(13)7-6-8-11(12)16-5/h6-8,15H,9H2,1-5H3. The molecule has 1 aromatic carbocycles. The van der Waals surface area contributed by atoms with E-state index in [1.165, 1.54) is 5.56 Å². The van der Waals surface area contributed by atoms with Crippen molar-refractivity contribution >= 4 is 5.69 Å². The molecule has 0 atom stereocenters. The maximum Gasteiger partial charge on any atom is 0.142 e. The number of nitrogens with one attached hydrogen (secondary N) is 1. The number of para-hydroxylation sites is 1. The fraction of sp³-hybridized carbons (Fsp3) is 0.571. The third-order valence-corrected chi connectivity index (χ3v) is 3.32. The van der Waals surface area contributed by atoms with Crippen LogP contribution < -0.4 is 10.1 Å². The molecule has 1 aliphatic heterocycles. The van der Waals surface area contributed by atoms with Gasteiger partial charge < -0.3 is 10.1 Å². The van der Waals surface area contributed by atoms with E-state index in [0.29, 0.717) is 0 Å². The van der Waals surface area contributed by atoms with Crippen molar-refractivity contribution in [2.75, 3.05) is 12.4 Å². The smallest absolute Gasteiger partial charge is 0.142 e. The normalized spacial score (nSPS) is 20.8. The average Bonchev–Trinajstić information content (AvgIpc) is 2.14. The van der Waals surface area contributed by atoms with E-state index in [1.54, 1.807) is 7.11 Å². The molecule has 0 saturated carbocycles. The van der Waals surface area contributed by atoms with Gasteiger partial charge in [0.2, 0.25) is 0 Å². The minimum atomic E-state index is 0.116. The molecular formula is C14H21NO. The highest BCUT2D eigenvalue weighted by molar-refractivity contribution is 5.67. The lowest BCUT2D eigenvalue weighted by Crippen LogP contribution is -2.43. The number of ether oxygens (including phenoxy) is 1. The third kappa shape index (κ3) is 1.77. The zero-order valence-electron chi connectivity index (χ0n) is 10.8. The summed E-state index contributed by atoms with van der Waals surface area (Å²) in [6, 6.07) is 6.28. The van der Waals surface area contributed by atoms with E-state index >= 15 is 0 Å². The molecular weight excluding hydrogens is 198 g/mol. The molecule has 1 N–H and O–H groups in total. The Morgan fingerprint density at radius 2 is 1.88 bits per heavy atom. The van der Waals surface area contributed by atoms with Crippen molar-refractivity contribution in [2.24, 2.45) is 0 Å². The van der Waals surface area contributed by atoms with Gasteiger partial charge in [-0.3, -0.25) is 0 Å². The molecule has 0 aromatic heterocycles. The van der Waals surface area contributed by atoms with E-state index in [4.69, 9.17) is 4.74 Å². The number of anilines is 1. The number of rotatable bonds is 1. The Bertz CT molecular complexity index is 407. The van der Waals surface area contributed by atoms with Crippen LogP contribution in [0.2, 0.25) is 0 Å². The topological polar surface area (TPSA) is 21.3 Å². The summed E-state index contributed by atoms with van der Waals surface area (Å²) < 4.78 is 5.44. The van der Waals surface area contributed by atoms with Gasteiger partial charge in [-0.2, -0.15) is 0 Å². The van der Waals surface area contributed by atoms with Crippen LogP contribution >= 0.6 is 0 Å². The molecule has 16 heavy (non-hydrogen) atoms. The third-order valence-electron chi connectivity index (χ3n) is 3.32.